The van der Waals surface area contributed by atoms with Crippen LogP contribution >= 0.6 is 24.0 Å². The van der Waals surface area contributed by atoms with Crippen LogP contribution in [-0.2, 0) is 16.0 Å². The molecular formula is C12H17Cl2NO2. The summed E-state index contributed by atoms with van der Waals surface area (Å²) in [5, 5.41) is 0.695. The molecule has 17 heavy (non-hydrogen) atoms. The summed E-state index contributed by atoms with van der Waals surface area (Å²) in [6.07, 6.45) is 0.635. The van der Waals surface area contributed by atoms with Crippen molar-refractivity contribution in [3.8, 4) is 0 Å². The number of ether oxygens (including phenoxy) is 1. The minimum atomic E-state index is -0.551. The molecule has 0 atom stereocenters. The van der Waals surface area contributed by atoms with Gasteiger partial charge in [0.15, 0.2) is 0 Å². The Hall–Kier alpha value is -0.770. The van der Waals surface area contributed by atoms with Crippen molar-refractivity contribution in [1.29, 1.82) is 0 Å². The van der Waals surface area contributed by atoms with E-state index in [1.165, 1.54) is 0 Å². The molecule has 0 aliphatic rings. The Balaban J connectivity index is 0.00000256. The molecule has 0 saturated carbocycles. The van der Waals surface area contributed by atoms with Crippen LogP contribution in [-0.4, -0.2) is 18.1 Å². The Morgan fingerprint density at radius 3 is 2.35 bits per heavy atom. The zero-order chi connectivity index (χ0) is 12.2. The van der Waals surface area contributed by atoms with Gasteiger partial charge in [0.05, 0.1) is 6.54 Å². The van der Waals surface area contributed by atoms with Gasteiger partial charge in [-0.3, -0.25) is 4.79 Å². The zero-order valence-electron chi connectivity index (χ0n) is 9.90. The van der Waals surface area contributed by atoms with E-state index in [4.69, 9.17) is 22.1 Å². The third kappa shape index (κ3) is 5.91. The third-order valence-electron chi connectivity index (χ3n) is 2.10. The molecule has 0 radical (unpaired) electrons. The smallest absolute Gasteiger partial charge is 0.320 e. The molecule has 0 saturated heterocycles. The van der Waals surface area contributed by atoms with Gasteiger partial charge in [0, 0.05) is 11.4 Å². The summed E-state index contributed by atoms with van der Waals surface area (Å²) in [6.45, 7) is 3.62. The van der Waals surface area contributed by atoms with E-state index in [9.17, 15) is 4.79 Å². The summed E-state index contributed by atoms with van der Waals surface area (Å²) in [7, 11) is 0. The lowest BCUT2D eigenvalue weighted by molar-refractivity contribution is -0.154. The first-order valence-electron chi connectivity index (χ1n) is 5.09. The van der Waals surface area contributed by atoms with Crippen molar-refractivity contribution in [3.05, 3.63) is 34.9 Å². The van der Waals surface area contributed by atoms with Crippen LogP contribution in [0.2, 0.25) is 5.02 Å². The summed E-state index contributed by atoms with van der Waals surface area (Å²) in [5.74, 6) is -0.390. The molecule has 1 aromatic carbocycles. The summed E-state index contributed by atoms with van der Waals surface area (Å²) in [6, 6.07) is 7.47. The minimum Gasteiger partial charge on any atom is -0.458 e. The molecule has 0 aromatic heterocycles. The molecule has 0 amide bonds. The fraction of sp³-hybridized carbons (Fsp3) is 0.417. The van der Waals surface area contributed by atoms with Crippen LogP contribution in [0.5, 0.6) is 0 Å². The Kier molecular flexibility index (Phi) is 6.53. The number of hydrogen-bond acceptors (Lipinski definition) is 3. The van der Waals surface area contributed by atoms with Gasteiger partial charge in [0.1, 0.15) is 5.60 Å². The normalized spacial score (nSPS) is 10.6. The quantitative estimate of drug-likeness (QED) is 0.861. The molecule has 3 nitrogen and oxygen atoms in total. The predicted octanol–water partition coefficient (Wildman–Crippen LogP) is 2.58. The molecule has 0 bridgehead atoms. The first kappa shape index (κ1) is 16.2. The lowest BCUT2D eigenvalue weighted by Crippen LogP contribution is -2.33. The number of hydrogen-bond donors (Lipinski definition) is 1. The molecule has 2 N–H and O–H groups in total. The van der Waals surface area contributed by atoms with Crippen molar-refractivity contribution >= 4 is 30.0 Å². The SMILES string of the molecule is CC(C)(Cc1ccc(Cl)cc1)OC(=O)CN.Cl. The van der Waals surface area contributed by atoms with Crippen molar-refractivity contribution in [1.82, 2.24) is 0 Å². The Labute approximate surface area is 113 Å². The van der Waals surface area contributed by atoms with Crippen LogP contribution < -0.4 is 5.73 Å². The molecule has 0 aliphatic carbocycles. The summed E-state index contributed by atoms with van der Waals surface area (Å²) in [5.41, 5.74) is 5.72. The highest BCUT2D eigenvalue weighted by Gasteiger charge is 2.22. The monoisotopic (exact) mass is 277 g/mol. The zero-order valence-corrected chi connectivity index (χ0v) is 11.5. The van der Waals surface area contributed by atoms with Gasteiger partial charge in [0.2, 0.25) is 0 Å². The van der Waals surface area contributed by atoms with Crippen molar-refractivity contribution in [2.75, 3.05) is 6.54 Å². The van der Waals surface area contributed by atoms with E-state index >= 15 is 0 Å². The van der Waals surface area contributed by atoms with Crippen molar-refractivity contribution < 1.29 is 9.53 Å². The Morgan fingerprint density at radius 2 is 1.88 bits per heavy atom. The fourth-order valence-electron chi connectivity index (χ4n) is 1.48. The lowest BCUT2D eigenvalue weighted by atomic mass is 9.98. The van der Waals surface area contributed by atoms with Gasteiger partial charge in [-0.05, 0) is 31.5 Å². The predicted molar refractivity (Wildman–Crippen MR) is 71.6 cm³/mol. The number of esters is 1. The van der Waals surface area contributed by atoms with Gasteiger partial charge in [0.25, 0.3) is 0 Å². The third-order valence-corrected chi connectivity index (χ3v) is 2.35. The lowest BCUT2D eigenvalue weighted by Gasteiger charge is -2.25. The molecule has 1 rings (SSSR count). The van der Waals surface area contributed by atoms with Gasteiger partial charge in [-0.1, -0.05) is 23.7 Å². The molecule has 0 fully saturated rings. The average Bonchev–Trinajstić information content (AvgIpc) is 2.20. The number of carbonyl (C=O) groups is 1. The van der Waals surface area contributed by atoms with E-state index in [2.05, 4.69) is 0 Å². The molecule has 0 heterocycles. The molecular weight excluding hydrogens is 261 g/mol. The highest BCUT2D eigenvalue weighted by atomic mass is 35.5. The van der Waals surface area contributed by atoms with Crippen LogP contribution in [0.1, 0.15) is 19.4 Å². The van der Waals surface area contributed by atoms with Gasteiger partial charge in [-0.25, -0.2) is 0 Å². The summed E-state index contributed by atoms with van der Waals surface area (Å²) < 4.78 is 5.22. The first-order chi connectivity index (χ1) is 7.43. The van der Waals surface area contributed by atoms with Gasteiger partial charge >= 0.3 is 5.97 Å². The first-order valence-corrected chi connectivity index (χ1v) is 5.47. The summed E-state index contributed by atoms with van der Waals surface area (Å²) in [4.78, 5) is 11.1. The fourth-order valence-corrected chi connectivity index (χ4v) is 1.61. The highest BCUT2D eigenvalue weighted by Crippen LogP contribution is 2.18. The molecule has 5 heteroatoms. The van der Waals surface area contributed by atoms with Crippen LogP contribution in [0.25, 0.3) is 0 Å². The van der Waals surface area contributed by atoms with Gasteiger partial charge in [-0.2, -0.15) is 0 Å². The number of rotatable bonds is 4. The van der Waals surface area contributed by atoms with Crippen LogP contribution in [0.3, 0.4) is 0 Å². The van der Waals surface area contributed by atoms with Crippen molar-refractivity contribution in [3.63, 3.8) is 0 Å². The molecule has 0 unspecified atom stereocenters. The van der Waals surface area contributed by atoms with Crippen molar-refractivity contribution in [2.24, 2.45) is 5.73 Å². The van der Waals surface area contributed by atoms with E-state index in [0.717, 1.165) is 5.56 Å². The van der Waals surface area contributed by atoms with Gasteiger partial charge in [-0.15, -0.1) is 12.4 Å². The van der Waals surface area contributed by atoms with Crippen LogP contribution in [0, 0.1) is 0 Å². The second-order valence-electron chi connectivity index (χ2n) is 4.24. The van der Waals surface area contributed by atoms with Crippen LogP contribution in [0.15, 0.2) is 24.3 Å². The van der Waals surface area contributed by atoms with E-state index in [1.807, 2.05) is 38.1 Å². The van der Waals surface area contributed by atoms with Gasteiger partial charge < -0.3 is 10.5 Å². The van der Waals surface area contributed by atoms with Crippen molar-refractivity contribution in [2.45, 2.75) is 25.9 Å². The Bertz CT molecular complexity index is 363. The molecule has 96 valence electrons. The minimum absolute atomic E-state index is 0. The maximum absolute atomic E-state index is 11.1. The van der Waals surface area contributed by atoms with E-state index in [0.29, 0.717) is 11.4 Å². The van der Waals surface area contributed by atoms with E-state index in [1.54, 1.807) is 0 Å². The second kappa shape index (κ2) is 6.84. The van der Waals surface area contributed by atoms with E-state index < -0.39 is 5.60 Å². The Morgan fingerprint density at radius 1 is 1.35 bits per heavy atom. The molecule has 1 aromatic rings. The average molecular weight is 278 g/mol. The molecule has 0 aliphatic heterocycles. The highest BCUT2D eigenvalue weighted by molar-refractivity contribution is 6.30. The molecule has 0 spiro atoms. The standard InChI is InChI=1S/C12H16ClNO2.ClH/c1-12(2,16-11(15)8-14)7-9-3-5-10(13)6-4-9;/h3-6H,7-8,14H2,1-2H3;1H. The number of carbonyl (C=O) groups excluding carboxylic acids is 1. The van der Waals surface area contributed by atoms with Crippen LogP contribution in [0.4, 0.5) is 0 Å². The topological polar surface area (TPSA) is 52.3 Å². The van der Waals surface area contributed by atoms with E-state index in [-0.39, 0.29) is 24.9 Å². The number of nitrogens with two attached hydrogens (primary N) is 1. The summed E-state index contributed by atoms with van der Waals surface area (Å²) >= 11 is 5.79. The number of benzene rings is 1. The largest absolute Gasteiger partial charge is 0.458 e. The second-order valence-corrected chi connectivity index (χ2v) is 4.68. The number of halogens is 2. The maximum atomic E-state index is 11.1. The maximum Gasteiger partial charge on any atom is 0.320 e.